The second-order valence-corrected chi connectivity index (χ2v) is 6.00. The van der Waals surface area contributed by atoms with Gasteiger partial charge in [-0.2, -0.15) is 4.98 Å². The summed E-state index contributed by atoms with van der Waals surface area (Å²) in [7, 11) is 0. The van der Waals surface area contributed by atoms with Crippen LogP contribution in [0, 0.1) is 0 Å². The summed E-state index contributed by atoms with van der Waals surface area (Å²) in [5.74, 6) is 0.453. The van der Waals surface area contributed by atoms with Crippen molar-refractivity contribution in [3.8, 4) is 5.88 Å². The first kappa shape index (κ1) is 16.0. The van der Waals surface area contributed by atoms with Gasteiger partial charge in [0.05, 0.1) is 17.9 Å². The van der Waals surface area contributed by atoms with Gasteiger partial charge in [0.1, 0.15) is 18.6 Å². The van der Waals surface area contributed by atoms with Crippen LogP contribution in [0.15, 0.2) is 64.8 Å². The molecule has 3 heterocycles. The van der Waals surface area contributed by atoms with Gasteiger partial charge in [0.2, 0.25) is 5.88 Å². The van der Waals surface area contributed by atoms with Crippen molar-refractivity contribution in [3.05, 3.63) is 76.6 Å². The Kier molecular flexibility index (Phi) is 4.18. The number of aromatic nitrogens is 3. The van der Waals surface area contributed by atoms with E-state index in [1.807, 2.05) is 30.3 Å². The number of nitrogens with two attached hydrogens (primary N) is 1. The number of fused-ring (bicyclic) bond motifs is 1. The van der Waals surface area contributed by atoms with Crippen molar-refractivity contribution in [1.82, 2.24) is 14.5 Å². The van der Waals surface area contributed by atoms with Gasteiger partial charge in [0.25, 0.3) is 5.56 Å². The predicted octanol–water partition coefficient (Wildman–Crippen LogP) is 2.13. The third kappa shape index (κ3) is 3.19. The molecule has 0 saturated heterocycles. The maximum Gasteiger partial charge on any atom is 0.274 e. The minimum absolute atomic E-state index is 0.218. The van der Waals surface area contributed by atoms with E-state index in [4.69, 9.17) is 10.5 Å². The van der Waals surface area contributed by atoms with Gasteiger partial charge >= 0.3 is 0 Å². The molecule has 0 fully saturated rings. The summed E-state index contributed by atoms with van der Waals surface area (Å²) < 4.78 is 7.37. The third-order valence-electron chi connectivity index (χ3n) is 4.13. The van der Waals surface area contributed by atoms with Crippen molar-refractivity contribution in [1.29, 1.82) is 0 Å². The van der Waals surface area contributed by atoms with Crippen LogP contribution in [0.3, 0.4) is 0 Å². The molecule has 1 aliphatic heterocycles. The van der Waals surface area contributed by atoms with Gasteiger partial charge in [-0.25, -0.2) is 9.98 Å². The second kappa shape index (κ2) is 6.79. The molecule has 7 nitrogen and oxygen atoms in total. The molecule has 130 valence electrons. The van der Waals surface area contributed by atoms with Crippen LogP contribution in [-0.2, 0) is 19.6 Å². The largest absolute Gasteiger partial charge is 0.471 e. The summed E-state index contributed by atoms with van der Waals surface area (Å²) in [6, 6.07) is 13.2. The molecule has 3 aromatic rings. The molecule has 26 heavy (non-hydrogen) atoms. The lowest BCUT2D eigenvalue weighted by molar-refractivity contribution is 0.294. The molecule has 2 N–H and O–H groups in total. The van der Waals surface area contributed by atoms with Crippen molar-refractivity contribution >= 4 is 17.1 Å². The average Bonchev–Trinajstić information content (AvgIpc) is 3.08. The van der Waals surface area contributed by atoms with Crippen molar-refractivity contribution in [2.75, 3.05) is 5.73 Å². The fraction of sp³-hybridized carbons (Fsp3) is 0.158. The highest BCUT2D eigenvalue weighted by Crippen LogP contribution is 2.33. The first-order valence-electron chi connectivity index (χ1n) is 8.22. The van der Waals surface area contributed by atoms with Gasteiger partial charge in [-0.05, 0) is 17.7 Å². The molecular formula is C19H17N5O2. The first-order valence-corrected chi connectivity index (χ1v) is 8.22. The number of benzene rings is 1. The molecule has 0 radical (unpaired) electrons. The van der Waals surface area contributed by atoms with E-state index in [0.717, 1.165) is 17.0 Å². The zero-order valence-electron chi connectivity index (χ0n) is 14.0. The van der Waals surface area contributed by atoms with E-state index < -0.39 is 0 Å². The van der Waals surface area contributed by atoms with E-state index in [0.29, 0.717) is 31.1 Å². The standard InChI is InChI=1S/C19H17N5O2/c20-15-7-4-8-24(19(15)25)10-14-9-16-17(23-14)18(22-12-21-16)26-11-13-5-2-1-3-6-13/h1-8,12H,9-11,20H2. The Morgan fingerprint density at radius 2 is 1.96 bits per heavy atom. The smallest absolute Gasteiger partial charge is 0.274 e. The van der Waals surface area contributed by atoms with Gasteiger partial charge < -0.3 is 15.0 Å². The topological polar surface area (TPSA) is 95.4 Å². The maximum absolute atomic E-state index is 12.1. The highest BCUT2D eigenvalue weighted by Gasteiger charge is 2.21. The Balaban J connectivity index is 1.55. The number of hydrogen-bond donors (Lipinski definition) is 1. The van der Waals surface area contributed by atoms with Gasteiger partial charge in [-0.1, -0.05) is 30.3 Å². The summed E-state index contributed by atoms with van der Waals surface area (Å²) in [5.41, 5.74) is 8.98. The van der Waals surface area contributed by atoms with Crippen LogP contribution in [0.4, 0.5) is 11.4 Å². The molecule has 1 aliphatic rings. The summed E-state index contributed by atoms with van der Waals surface area (Å²) in [6.45, 7) is 0.766. The number of ether oxygens (including phenoxy) is 1. The van der Waals surface area contributed by atoms with E-state index in [-0.39, 0.29) is 11.2 Å². The molecule has 0 spiro atoms. The highest BCUT2D eigenvalue weighted by atomic mass is 16.5. The normalized spacial score (nSPS) is 12.5. The van der Waals surface area contributed by atoms with E-state index >= 15 is 0 Å². The Morgan fingerprint density at radius 1 is 1.12 bits per heavy atom. The van der Waals surface area contributed by atoms with Crippen LogP contribution in [0.25, 0.3) is 0 Å². The SMILES string of the molecule is Nc1cccn(CC2=Nc3c(ncnc3OCc3ccccc3)C2)c1=O. The zero-order valence-corrected chi connectivity index (χ0v) is 14.0. The molecule has 0 saturated carbocycles. The zero-order chi connectivity index (χ0) is 17.9. The van der Waals surface area contributed by atoms with Gasteiger partial charge in [-0.3, -0.25) is 4.79 Å². The number of rotatable bonds is 5. The lowest BCUT2D eigenvalue weighted by Gasteiger charge is -2.07. The van der Waals surface area contributed by atoms with E-state index in [1.165, 1.54) is 10.9 Å². The summed E-state index contributed by atoms with van der Waals surface area (Å²) >= 11 is 0. The van der Waals surface area contributed by atoms with E-state index in [1.54, 1.807) is 18.3 Å². The predicted molar refractivity (Wildman–Crippen MR) is 98.7 cm³/mol. The van der Waals surface area contributed by atoms with Gasteiger partial charge in [0.15, 0.2) is 0 Å². The average molecular weight is 347 g/mol. The van der Waals surface area contributed by atoms with Crippen molar-refractivity contribution < 1.29 is 4.74 Å². The Bertz CT molecular complexity index is 1030. The summed E-state index contributed by atoms with van der Waals surface area (Å²) in [5, 5.41) is 0. The fourth-order valence-electron chi connectivity index (χ4n) is 2.83. The molecule has 0 atom stereocenters. The second-order valence-electron chi connectivity index (χ2n) is 6.00. The highest BCUT2D eigenvalue weighted by molar-refractivity contribution is 5.94. The fourth-order valence-corrected chi connectivity index (χ4v) is 2.83. The van der Waals surface area contributed by atoms with Crippen molar-refractivity contribution in [2.45, 2.75) is 19.6 Å². The summed E-state index contributed by atoms with van der Waals surface area (Å²) in [6.07, 6.45) is 3.73. The Morgan fingerprint density at radius 3 is 2.81 bits per heavy atom. The minimum atomic E-state index is -0.224. The van der Waals surface area contributed by atoms with Crippen LogP contribution in [0.1, 0.15) is 11.3 Å². The number of nitrogen functional groups attached to an aromatic ring is 1. The number of anilines is 1. The Hall–Kier alpha value is -3.48. The lowest BCUT2D eigenvalue weighted by atomic mass is 10.2. The van der Waals surface area contributed by atoms with Crippen LogP contribution in [-0.4, -0.2) is 20.2 Å². The number of hydrogen-bond acceptors (Lipinski definition) is 6. The Labute approximate surface area is 149 Å². The molecule has 0 unspecified atom stereocenters. The first-order chi connectivity index (χ1) is 12.7. The molecule has 0 bridgehead atoms. The number of aliphatic imine (C=N–C) groups is 1. The molecule has 4 rings (SSSR count). The van der Waals surface area contributed by atoms with Crippen LogP contribution in [0.2, 0.25) is 0 Å². The maximum atomic E-state index is 12.1. The molecule has 0 aliphatic carbocycles. The van der Waals surface area contributed by atoms with Crippen LogP contribution < -0.4 is 16.0 Å². The van der Waals surface area contributed by atoms with Crippen LogP contribution >= 0.6 is 0 Å². The van der Waals surface area contributed by atoms with Gasteiger partial charge in [0, 0.05) is 18.3 Å². The minimum Gasteiger partial charge on any atom is -0.471 e. The van der Waals surface area contributed by atoms with E-state index in [9.17, 15) is 4.79 Å². The summed E-state index contributed by atoms with van der Waals surface area (Å²) in [4.78, 5) is 25.2. The van der Waals surface area contributed by atoms with Crippen molar-refractivity contribution in [2.24, 2.45) is 4.99 Å². The molecular weight excluding hydrogens is 330 g/mol. The molecule has 0 amide bonds. The molecule has 1 aromatic carbocycles. The van der Waals surface area contributed by atoms with Gasteiger partial charge in [-0.15, -0.1) is 0 Å². The quantitative estimate of drug-likeness (QED) is 0.763. The van der Waals surface area contributed by atoms with Crippen molar-refractivity contribution in [3.63, 3.8) is 0 Å². The monoisotopic (exact) mass is 347 g/mol. The number of pyridine rings is 1. The molecule has 7 heteroatoms. The lowest BCUT2D eigenvalue weighted by Crippen LogP contribution is -2.25. The third-order valence-corrected chi connectivity index (χ3v) is 4.13. The number of nitrogens with zero attached hydrogens (tertiary/aromatic N) is 4. The van der Waals surface area contributed by atoms with Crippen LogP contribution in [0.5, 0.6) is 5.88 Å². The molecule has 2 aromatic heterocycles. The van der Waals surface area contributed by atoms with E-state index in [2.05, 4.69) is 15.0 Å².